The van der Waals surface area contributed by atoms with Gasteiger partial charge in [-0.05, 0) is 43.4 Å². The number of hydrogen-bond donors (Lipinski definition) is 2. The van der Waals surface area contributed by atoms with Crippen LogP contribution in [-0.2, 0) is 5.41 Å². The molecule has 0 spiro atoms. The van der Waals surface area contributed by atoms with E-state index in [0.29, 0.717) is 5.92 Å². The number of benzene rings is 1. The molecule has 2 saturated carbocycles. The first-order chi connectivity index (χ1) is 8.31. The highest BCUT2D eigenvalue weighted by Crippen LogP contribution is 2.48. The van der Waals surface area contributed by atoms with Crippen LogP contribution < -0.4 is 0 Å². The average Bonchev–Trinajstić information content (AvgIpc) is 3.25. The van der Waals surface area contributed by atoms with Gasteiger partial charge in [0.05, 0.1) is 17.6 Å². The van der Waals surface area contributed by atoms with Gasteiger partial charge in [-0.1, -0.05) is 6.07 Å². The molecular weight excluding hydrogens is 212 g/mol. The minimum atomic E-state index is 0.0546. The Morgan fingerprint density at radius 2 is 2.18 bits per heavy atom. The third-order valence-corrected chi connectivity index (χ3v) is 4.23. The van der Waals surface area contributed by atoms with Crippen molar-refractivity contribution in [3.63, 3.8) is 0 Å². The Balaban J connectivity index is 1.80. The van der Waals surface area contributed by atoms with Crippen molar-refractivity contribution in [2.24, 2.45) is 0 Å². The van der Waals surface area contributed by atoms with Gasteiger partial charge < -0.3 is 10.1 Å². The highest BCUT2D eigenvalue weighted by atomic mass is 16.3. The van der Waals surface area contributed by atoms with Crippen LogP contribution in [0.3, 0.4) is 0 Å². The largest absolute Gasteiger partial charge is 0.395 e. The summed E-state index contributed by atoms with van der Waals surface area (Å²) in [6, 6.07) is 6.39. The lowest BCUT2D eigenvalue weighted by atomic mass is 9.97. The fourth-order valence-corrected chi connectivity index (χ4v) is 2.60. The quantitative estimate of drug-likeness (QED) is 0.847. The molecule has 1 aromatic heterocycles. The van der Waals surface area contributed by atoms with Gasteiger partial charge in [-0.3, -0.25) is 0 Å². The molecule has 0 radical (unpaired) electrons. The number of hydrogen-bond acceptors (Lipinski definition) is 2. The standard InChI is InChI=1S/C14H16N2O/c17-8-14(5-6-14)10-3-4-11-12(7-10)16-13(15-11)9-1-2-9/h3-4,7,9,17H,1-2,5-6,8H2,(H,15,16). The summed E-state index contributed by atoms with van der Waals surface area (Å²) in [6.45, 7) is 0.266. The highest BCUT2D eigenvalue weighted by Gasteiger charge is 2.43. The van der Waals surface area contributed by atoms with Crippen LogP contribution in [0.5, 0.6) is 0 Å². The summed E-state index contributed by atoms with van der Waals surface area (Å²) in [6.07, 6.45) is 4.76. The predicted molar refractivity (Wildman–Crippen MR) is 66.1 cm³/mol. The Hall–Kier alpha value is -1.35. The van der Waals surface area contributed by atoms with Crippen LogP contribution in [-0.4, -0.2) is 21.7 Å². The maximum Gasteiger partial charge on any atom is 0.110 e. The molecule has 0 aliphatic heterocycles. The van der Waals surface area contributed by atoms with Gasteiger partial charge in [0.15, 0.2) is 0 Å². The van der Waals surface area contributed by atoms with E-state index in [9.17, 15) is 5.11 Å². The number of imidazole rings is 1. The molecule has 2 aliphatic carbocycles. The predicted octanol–water partition coefficient (Wildman–Crippen LogP) is 2.46. The lowest BCUT2D eigenvalue weighted by molar-refractivity contribution is 0.255. The summed E-state index contributed by atoms with van der Waals surface area (Å²) in [4.78, 5) is 8.06. The first-order valence-corrected chi connectivity index (χ1v) is 6.42. The summed E-state index contributed by atoms with van der Waals surface area (Å²) >= 11 is 0. The van der Waals surface area contributed by atoms with Gasteiger partial charge in [-0.15, -0.1) is 0 Å². The number of aliphatic hydroxyl groups excluding tert-OH is 1. The first-order valence-electron chi connectivity index (χ1n) is 6.42. The molecule has 0 saturated heterocycles. The Bertz CT molecular complexity index is 579. The van der Waals surface area contributed by atoms with Crippen LogP contribution in [0.25, 0.3) is 11.0 Å². The minimum Gasteiger partial charge on any atom is -0.395 e. The lowest BCUT2D eigenvalue weighted by Gasteiger charge is -2.11. The molecule has 0 atom stereocenters. The van der Waals surface area contributed by atoms with Crippen molar-refractivity contribution in [1.29, 1.82) is 0 Å². The van der Waals surface area contributed by atoms with Crippen LogP contribution in [0.4, 0.5) is 0 Å². The van der Waals surface area contributed by atoms with E-state index >= 15 is 0 Å². The van der Waals surface area contributed by atoms with Gasteiger partial charge in [-0.25, -0.2) is 4.98 Å². The van der Waals surface area contributed by atoms with Crippen LogP contribution in [0, 0.1) is 0 Å². The molecule has 2 aromatic rings. The Labute approximate surface area is 99.9 Å². The molecule has 3 nitrogen and oxygen atoms in total. The van der Waals surface area contributed by atoms with Crippen LogP contribution >= 0.6 is 0 Å². The van der Waals surface area contributed by atoms with Gasteiger partial charge in [0.1, 0.15) is 5.82 Å². The van der Waals surface area contributed by atoms with Crippen molar-refractivity contribution < 1.29 is 5.11 Å². The Morgan fingerprint density at radius 1 is 1.35 bits per heavy atom. The maximum atomic E-state index is 9.46. The number of H-pyrrole nitrogens is 1. The van der Waals surface area contributed by atoms with Crippen LogP contribution in [0.1, 0.15) is 43.0 Å². The molecule has 1 aromatic carbocycles. The smallest absolute Gasteiger partial charge is 0.110 e. The molecule has 4 rings (SSSR count). The molecule has 2 fully saturated rings. The van der Waals surface area contributed by atoms with Crippen molar-refractivity contribution in [2.45, 2.75) is 37.0 Å². The number of nitrogens with zero attached hydrogens (tertiary/aromatic N) is 1. The van der Waals surface area contributed by atoms with Crippen molar-refractivity contribution in [1.82, 2.24) is 9.97 Å². The second-order valence-corrected chi connectivity index (χ2v) is 5.57. The van der Waals surface area contributed by atoms with E-state index < -0.39 is 0 Å². The van der Waals surface area contributed by atoms with Crippen LogP contribution in [0.2, 0.25) is 0 Å². The number of nitrogens with one attached hydrogen (secondary N) is 1. The number of fused-ring (bicyclic) bond motifs is 1. The van der Waals surface area contributed by atoms with E-state index in [4.69, 9.17) is 0 Å². The number of aromatic amines is 1. The summed E-state index contributed by atoms with van der Waals surface area (Å²) in [7, 11) is 0. The zero-order valence-electron chi connectivity index (χ0n) is 9.74. The van der Waals surface area contributed by atoms with Gasteiger partial charge in [0.2, 0.25) is 0 Å². The zero-order valence-corrected chi connectivity index (χ0v) is 9.74. The average molecular weight is 228 g/mol. The van der Waals surface area contributed by atoms with Gasteiger partial charge in [0.25, 0.3) is 0 Å². The van der Waals surface area contributed by atoms with Gasteiger partial charge in [0, 0.05) is 11.3 Å². The van der Waals surface area contributed by atoms with Gasteiger partial charge in [-0.2, -0.15) is 0 Å². The topological polar surface area (TPSA) is 48.9 Å². The molecule has 0 bridgehead atoms. The van der Waals surface area contributed by atoms with Gasteiger partial charge >= 0.3 is 0 Å². The van der Waals surface area contributed by atoms with E-state index in [1.165, 1.54) is 18.4 Å². The molecule has 3 heteroatoms. The van der Waals surface area contributed by atoms with E-state index in [2.05, 4.69) is 28.2 Å². The fourth-order valence-electron chi connectivity index (χ4n) is 2.60. The first kappa shape index (κ1) is 9.66. The highest BCUT2D eigenvalue weighted by molar-refractivity contribution is 5.76. The van der Waals surface area contributed by atoms with Crippen LogP contribution in [0.15, 0.2) is 18.2 Å². The third-order valence-electron chi connectivity index (χ3n) is 4.23. The van der Waals surface area contributed by atoms with Crippen molar-refractivity contribution >= 4 is 11.0 Å². The van der Waals surface area contributed by atoms with E-state index in [1.807, 2.05) is 0 Å². The van der Waals surface area contributed by atoms with E-state index in [0.717, 1.165) is 29.7 Å². The third kappa shape index (κ3) is 1.42. The number of aromatic nitrogens is 2. The van der Waals surface area contributed by atoms with E-state index in [1.54, 1.807) is 0 Å². The fraction of sp³-hybridized carbons (Fsp3) is 0.500. The molecular formula is C14H16N2O. The van der Waals surface area contributed by atoms with E-state index in [-0.39, 0.29) is 12.0 Å². The summed E-state index contributed by atoms with van der Waals surface area (Å²) in [5.74, 6) is 1.81. The minimum absolute atomic E-state index is 0.0546. The molecule has 2 aliphatic rings. The second-order valence-electron chi connectivity index (χ2n) is 5.57. The summed E-state index contributed by atoms with van der Waals surface area (Å²) in [5, 5.41) is 9.46. The Kier molecular flexibility index (Phi) is 1.76. The summed E-state index contributed by atoms with van der Waals surface area (Å²) < 4.78 is 0. The monoisotopic (exact) mass is 228 g/mol. The Morgan fingerprint density at radius 3 is 2.82 bits per heavy atom. The van der Waals surface area contributed by atoms with Crippen molar-refractivity contribution in [3.05, 3.63) is 29.6 Å². The molecule has 1 heterocycles. The molecule has 2 N–H and O–H groups in total. The maximum absolute atomic E-state index is 9.46. The number of rotatable bonds is 3. The van der Waals surface area contributed by atoms with Crippen molar-refractivity contribution in [2.75, 3.05) is 6.61 Å². The molecule has 0 unspecified atom stereocenters. The zero-order chi connectivity index (χ0) is 11.5. The number of aliphatic hydroxyl groups is 1. The molecule has 17 heavy (non-hydrogen) atoms. The lowest BCUT2D eigenvalue weighted by Crippen LogP contribution is -2.11. The molecule has 0 amide bonds. The van der Waals surface area contributed by atoms with Crippen molar-refractivity contribution in [3.8, 4) is 0 Å². The summed E-state index contributed by atoms with van der Waals surface area (Å²) in [5.41, 5.74) is 3.51. The molecule has 88 valence electrons. The SMILES string of the molecule is OCC1(c2ccc3nc(C4CC4)[nH]c3c2)CC1. The second kappa shape index (κ2) is 3.10. The normalized spacial score (nSPS) is 21.9.